The minimum Gasteiger partial charge on any atom is -0.489 e. The number of likely N-dealkylation sites (tertiary alicyclic amines) is 2. The average Bonchev–Trinajstić information content (AvgIpc) is 3.10. The van der Waals surface area contributed by atoms with Crippen molar-refractivity contribution in [3.8, 4) is 23.0 Å². The van der Waals surface area contributed by atoms with Gasteiger partial charge < -0.3 is 28.7 Å². The normalized spacial score (nSPS) is 20.3. The number of hydrogen-bond donors (Lipinski definition) is 0. The van der Waals surface area contributed by atoms with Gasteiger partial charge in [0.1, 0.15) is 48.3 Å². The van der Waals surface area contributed by atoms with E-state index in [-0.39, 0.29) is 24.9 Å². The summed E-state index contributed by atoms with van der Waals surface area (Å²) in [6.07, 6.45) is 1.86. The Bertz CT molecular complexity index is 1550. The molecule has 46 heavy (non-hydrogen) atoms. The standard InChI is InChI=1S/C38H36N2O6/c1-3-25-43-31-21-13-11-19-29(31)33-35(45-27-15-7-5-8-16-27)37(41)39(33)23-24-40-34(30-20-12-14-22-32(30)44-26-4-2)36(38(40)42)46-28-17-9-6-10-18-28/h3-22,33-36H,1-2,23-26H2/t33-,34-,35+,36+/m0/s1. The summed E-state index contributed by atoms with van der Waals surface area (Å²) in [6, 6.07) is 33.0. The highest BCUT2D eigenvalue weighted by molar-refractivity contribution is 5.91. The predicted molar refractivity (Wildman–Crippen MR) is 175 cm³/mol. The molecule has 6 rings (SSSR count). The van der Waals surface area contributed by atoms with E-state index < -0.39 is 24.3 Å². The third-order valence-corrected chi connectivity index (χ3v) is 8.08. The number of rotatable bonds is 15. The molecule has 2 fully saturated rings. The van der Waals surface area contributed by atoms with E-state index in [9.17, 15) is 9.59 Å². The molecule has 0 aromatic heterocycles. The Kier molecular flexibility index (Phi) is 9.34. The summed E-state index contributed by atoms with van der Waals surface area (Å²) < 4.78 is 24.4. The predicted octanol–water partition coefficient (Wildman–Crippen LogP) is 6.18. The van der Waals surface area contributed by atoms with Crippen LogP contribution in [0.5, 0.6) is 23.0 Å². The minimum atomic E-state index is -0.749. The van der Waals surface area contributed by atoms with Crippen molar-refractivity contribution >= 4 is 11.8 Å². The molecule has 4 atom stereocenters. The summed E-state index contributed by atoms with van der Waals surface area (Å²) in [6.45, 7) is 8.74. The van der Waals surface area contributed by atoms with Gasteiger partial charge in [-0.05, 0) is 36.4 Å². The molecule has 234 valence electrons. The van der Waals surface area contributed by atoms with E-state index in [1.54, 1.807) is 22.0 Å². The summed E-state index contributed by atoms with van der Waals surface area (Å²) in [5.74, 6) is 2.17. The molecule has 8 nitrogen and oxygen atoms in total. The van der Waals surface area contributed by atoms with Crippen LogP contribution in [0.2, 0.25) is 0 Å². The number of nitrogens with zero attached hydrogens (tertiary/aromatic N) is 2. The van der Waals surface area contributed by atoms with Crippen molar-refractivity contribution in [3.05, 3.63) is 146 Å². The molecule has 0 bridgehead atoms. The van der Waals surface area contributed by atoms with Crippen molar-refractivity contribution in [3.63, 3.8) is 0 Å². The number of carbonyl (C=O) groups is 2. The summed E-state index contributed by atoms with van der Waals surface area (Å²) in [4.78, 5) is 30.9. The number of hydrogen-bond acceptors (Lipinski definition) is 6. The van der Waals surface area contributed by atoms with E-state index in [0.717, 1.165) is 11.1 Å². The number of para-hydroxylation sites is 4. The number of ether oxygens (including phenoxy) is 4. The maximum absolute atomic E-state index is 13.7. The summed E-state index contributed by atoms with van der Waals surface area (Å²) in [5, 5.41) is 0. The Balaban J connectivity index is 1.27. The Morgan fingerprint density at radius 1 is 0.543 bits per heavy atom. The molecule has 8 heteroatoms. The van der Waals surface area contributed by atoms with Gasteiger partial charge in [-0.2, -0.15) is 0 Å². The largest absolute Gasteiger partial charge is 0.489 e. The van der Waals surface area contributed by atoms with Crippen LogP contribution in [0.15, 0.2) is 135 Å². The molecular formula is C38H36N2O6. The molecule has 0 saturated carbocycles. The third-order valence-electron chi connectivity index (χ3n) is 8.08. The smallest absolute Gasteiger partial charge is 0.266 e. The molecule has 0 N–H and O–H groups in total. The van der Waals surface area contributed by atoms with Crippen molar-refractivity contribution in [2.75, 3.05) is 26.3 Å². The maximum Gasteiger partial charge on any atom is 0.266 e. The topological polar surface area (TPSA) is 77.5 Å². The molecular weight excluding hydrogens is 580 g/mol. The minimum absolute atomic E-state index is 0.163. The SMILES string of the molecule is C=CCOc1ccccc1[C@H]1[C@@H](Oc2ccccc2)C(=O)N1CCN1C(=O)[C@H](Oc2ccccc2)[C@@H]1c1ccccc1OCC=C. The lowest BCUT2D eigenvalue weighted by molar-refractivity contribution is -0.172. The zero-order valence-corrected chi connectivity index (χ0v) is 25.4. The second kappa shape index (κ2) is 14.1. The number of benzene rings is 4. The molecule has 4 aromatic carbocycles. The Hall–Kier alpha value is -5.50. The lowest BCUT2D eigenvalue weighted by Crippen LogP contribution is -2.66. The second-order valence-electron chi connectivity index (χ2n) is 10.9. The van der Waals surface area contributed by atoms with Crippen LogP contribution in [0.1, 0.15) is 23.2 Å². The van der Waals surface area contributed by atoms with Crippen molar-refractivity contribution in [2.24, 2.45) is 0 Å². The van der Waals surface area contributed by atoms with Crippen LogP contribution in [-0.2, 0) is 9.59 Å². The van der Waals surface area contributed by atoms with Crippen molar-refractivity contribution in [2.45, 2.75) is 24.3 Å². The van der Waals surface area contributed by atoms with Crippen LogP contribution in [0.3, 0.4) is 0 Å². The average molecular weight is 617 g/mol. The van der Waals surface area contributed by atoms with Gasteiger partial charge in [0.2, 0.25) is 12.2 Å². The fraction of sp³-hybridized carbons (Fsp3) is 0.211. The van der Waals surface area contributed by atoms with Crippen molar-refractivity contribution in [1.29, 1.82) is 0 Å². The highest BCUT2D eigenvalue weighted by atomic mass is 16.5. The molecule has 0 unspecified atom stereocenters. The van der Waals surface area contributed by atoms with E-state index in [2.05, 4.69) is 13.2 Å². The van der Waals surface area contributed by atoms with Gasteiger partial charge in [-0.1, -0.05) is 98.1 Å². The van der Waals surface area contributed by atoms with E-state index >= 15 is 0 Å². The van der Waals surface area contributed by atoms with E-state index in [1.165, 1.54) is 0 Å². The van der Waals surface area contributed by atoms with Crippen LogP contribution in [-0.4, -0.2) is 60.1 Å². The first-order valence-corrected chi connectivity index (χ1v) is 15.3. The molecule has 0 spiro atoms. The first-order chi connectivity index (χ1) is 22.6. The van der Waals surface area contributed by atoms with Crippen LogP contribution >= 0.6 is 0 Å². The van der Waals surface area contributed by atoms with Gasteiger partial charge >= 0.3 is 0 Å². The maximum atomic E-state index is 13.7. The monoisotopic (exact) mass is 616 g/mol. The highest BCUT2D eigenvalue weighted by Gasteiger charge is 2.54. The number of amides is 2. The van der Waals surface area contributed by atoms with Crippen LogP contribution < -0.4 is 18.9 Å². The fourth-order valence-corrected chi connectivity index (χ4v) is 5.94. The first-order valence-electron chi connectivity index (χ1n) is 15.3. The molecule has 2 aliphatic heterocycles. The highest BCUT2D eigenvalue weighted by Crippen LogP contribution is 2.44. The zero-order chi connectivity index (χ0) is 31.9. The lowest BCUT2D eigenvalue weighted by atomic mass is 9.88. The molecule has 2 aliphatic rings. The molecule has 0 aliphatic carbocycles. The second-order valence-corrected chi connectivity index (χ2v) is 10.9. The Morgan fingerprint density at radius 2 is 0.913 bits per heavy atom. The summed E-state index contributed by atoms with van der Waals surface area (Å²) in [5.41, 5.74) is 1.65. The van der Waals surface area contributed by atoms with E-state index in [1.807, 2.05) is 109 Å². The van der Waals surface area contributed by atoms with Gasteiger partial charge in [0.25, 0.3) is 11.8 Å². The molecule has 2 amide bonds. The Morgan fingerprint density at radius 3 is 1.30 bits per heavy atom. The van der Waals surface area contributed by atoms with Gasteiger partial charge in [0, 0.05) is 24.2 Å². The quantitative estimate of drug-likeness (QED) is 0.117. The molecule has 2 heterocycles. The molecule has 4 aromatic rings. The van der Waals surface area contributed by atoms with Gasteiger partial charge in [0.15, 0.2) is 0 Å². The van der Waals surface area contributed by atoms with Gasteiger partial charge in [-0.3, -0.25) is 9.59 Å². The number of carbonyl (C=O) groups excluding carboxylic acids is 2. The zero-order valence-electron chi connectivity index (χ0n) is 25.4. The van der Waals surface area contributed by atoms with Gasteiger partial charge in [-0.25, -0.2) is 0 Å². The van der Waals surface area contributed by atoms with Crippen molar-refractivity contribution in [1.82, 2.24) is 9.80 Å². The summed E-state index contributed by atoms with van der Waals surface area (Å²) in [7, 11) is 0. The fourth-order valence-electron chi connectivity index (χ4n) is 5.94. The van der Waals surface area contributed by atoms with Crippen LogP contribution in [0.4, 0.5) is 0 Å². The molecule has 2 saturated heterocycles. The van der Waals surface area contributed by atoms with Crippen molar-refractivity contribution < 1.29 is 28.5 Å². The van der Waals surface area contributed by atoms with Gasteiger partial charge in [0.05, 0.1) is 0 Å². The number of β-lactam (4-membered cyclic amide) rings is 2. The van der Waals surface area contributed by atoms with E-state index in [4.69, 9.17) is 18.9 Å². The molecule has 0 radical (unpaired) electrons. The Labute approximate surface area is 269 Å². The van der Waals surface area contributed by atoms with Crippen LogP contribution in [0.25, 0.3) is 0 Å². The van der Waals surface area contributed by atoms with Crippen LogP contribution in [0, 0.1) is 0 Å². The van der Waals surface area contributed by atoms with E-state index in [0.29, 0.717) is 36.2 Å². The lowest BCUT2D eigenvalue weighted by Gasteiger charge is -2.50. The first kappa shape index (κ1) is 30.5. The third kappa shape index (κ3) is 6.19. The summed E-state index contributed by atoms with van der Waals surface area (Å²) >= 11 is 0. The van der Waals surface area contributed by atoms with Gasteiger partial charge in [-0.15, -0.1) is 0 Å².